The predicted octanol–water partition coefficient (Wildman–Crippen LogP) is 3.44. The van der Waals surface area contributed by atoms with Crippen molar-refractivity contribution in [3.05, 3.63) is 0 Å². The molecule has 0 saturated carbocycles. The smallest absolute Gasteiger partial charge is 0.244 e. The first-order valence-electron chi connectivity index (χ1n) is 3.53. The molecule has 0 bridgehead atoms. The number of hydrogen-bond donors (Lipinski definition) is 1. The van der Waals surface area contributed by atoms with Gasteiger partial charge in [-0.1, -0.05) is 12.2 Å². The van der Waals surface area contributed by atoms with Crippen LogP contribution in [0.5, 0.6) is 0 Å². The van der Waals surface area contributed by atoms with Crippen LogP contribution in [0.15, 0.2) is 0 Å². The maximum atomic E-state index is 5.32. The van der Waals surface area contributed by atoms with Crippen molar-refractivity contribution < 1.29 is 9.05 Å². The maximum absolute atomic E-state index is 5.32. The topological polar surface area (TPSA) is 18.5 Å². The SMILES string of the molecule is CC(C)OP(=S)(S)OC(C)C.S.S.S.S. The molecule has 0 atom stereocenters. The molecular weight excluding hydrogens is 327 g/mol. The van der Waals surface area contributed by atoms with Crippen molar-refractivity contribution in [2.24, 2.45) is 0 Å². The highest BCUT2D eigenvalue weighted by atomic mass is 32.9. The van der Waals surface area contributed by atoms with E-state index in [9.17, 15) is 0 Å². The van der Waals surface area contributed by atoms with Crippen LogP contribution in [0.4, 0.5) is 0 Å². The Hall–Kier alpha value is 2.32. The van der Waals surface area contributed by atoms with E-state index in [4.69, 9.17) is 20.9 Å². The zero-order valence-corrected chi connectivity index (χ0v) is 15.9. The molecule has 0 heterocycles. The average molecular weight is 351 g/mol. The van der Waals surface area contributed by atoms with Crippen molar-refractivity contribution in [2.45, 2.75) is 39.9 Å². The molecule has 0 aromatic rings. The number of thiol groups is 1. The summed E-state index contributed by atoms with van der Waals surface area (Å²) in [5, 5.41) is 0. The molecule has 0 radical (unpaired) electrons. The zero-order chi connectivity index (χ0) is 9.07. The Balaban J connectivity index is -0.0000000833. The molecule has 15 heavy (non-hydrogen) atoms. The van der Waals surface area contributed by atoms with Gasteiger partial charge in [-0.15, -0.1) is 0 Å². The average Bonchev–Trinajstić information content (AvgIpc) is 1.53. The summed E-state index contributed by atoms with van der Waals surface area (Å²) in [6.07, 6.45) is 0.161. The molecule has 2 nitrogen and oxygen atoms in total. The Morgan fingerprint density at radius 1 is 0.867 bits per heavy atom. The van der Waals surface area contributed by atoms with E-state index in [1.807, 2.05) is 27.7 Å². The molecule has 0 N–H and O–H groups in total. The lowest BCUT2D eigenvalue weighted by atomic mass is 10.5. The van der Waals surface area contributed by atoms with E-state index in [1.54, 1.807) is 0 Å². The Kier molecular flexibility index (Phi) is 29.1. The Morgan fingerprint density at radius 3 is 1.20 bits per heavy atom. The van der Waals surface area contributed by atoms with Gasteiger partial charge in [0.1, 0.15) is 0 Å². The fourth-order valence-corrected chi connectivity index (χ4v) is 3.84. The summed E-state index contributed by atoms with van der Waals surface area (Å²) in [6.45, 7) is 7.67. The van der Waals surface area contributed by atoms with Crippen LogP contribution in [0.25, 0.3) is 0 Å². The highest BCUT2D eigenvalue weighted by molar-refractivity contribution is 8.60. The number of hydrogen-bond acceptors (Lipinski definition) is 3. The summed E-state index contributed by atoms with van der Waals surface area (Å²) < 4.78 is 10.6. The van der Waals surface area contributed by atoms with E-state index in [2.05, 4.69) is 12.2 Å². The monoisotopic (exact) mass is 350 g/mol. The van der Waals surface area contributed by atoms with Crippen molar-refractivity contribution in [1.29, 1.82) is 0 Å². The Bertz CT molecular complexity index is 152. The summed E-state index contributed by atoms with van der Waals surface area (Å²) in [5.74, 6) is 0. The van der Waals surface area contributed by atoms with Crippen molar-refractivity contribution in [2.75, 3.05) is 0 Å². The molecule has 0 aromatic carbocycles. The number of rotatable bonds is 4. The lowest BCUT2D eigenvalue weighted by molar-refractivity contribution is 0.186. The van der Waals surface area contributed by atoms with Crippen LogP contribution in [0.2, 0.25) is 0 Å². The fraction of sp³-hybridized carbons (Fsp3) is 1.00. The molecule has 0 saturated heterocycles. The van der Waals surface area contributed by atoms with Crippen LogP contribution in [-0.4, -0.2) is 12.2 Å². The third kappa shape index (κ3) is 22.0. The second-order valence-electron chi connectivity index (χ2n) is 2.78. The quantitative estimate of drug-likeness (QED) is 0.619. The highest BCUT2D eigenvalue weighted by Crippen LogP contribution is 2.55. The van der Waals surface area contributed by atoms with Gasteiger partial charge in [0.2, 0.25) is 5.69 Å². The van der Waals surface area contributed by atoms with Crippen LogP contribution in [0.3, 0.4) is 0 Å². The van der Waals surface area contributed by atoms with Gasteiger partial charge in [0, 0.05) is 0 Å². The molecule has 0 aliphatic carbocycles. The predicted molar refractivity (Wildman–Crippen MR) is 97.2 cm³/mol. The van der Waals surface area contributed by atoms with Crippen molar-refractivity contribution >= 4 is 83.7 Å². The molecule has 0 aromatic heterocycles. The van der Waals surface area contributed by atoms with Crippen molar-refractivity contribution in [1.82, 2.24) is 0 Å². The van der Waals surface area contributed by atoms with Gasteiger partial charge in [0.25, 0.3) is 0 Å². The third-order valence-electron chi connectivity index (χ3n) is 0.688. The van der Waals surface area contributed by atoms with Crippen molar-refractivity contribution in [3.63, 3.8) is 0 Å². The first-order valence-corrected chi connectivity index (χ1v) is 7.32. The largest absolute Gasteiger partial charge is 0.319 e. The van der Waals surface area contributed by atoms with Gasteiger partial charge in [-0.25, -0.2) is 0 Å². The molecule has 0 spiro atoms. The van der Waals surface area contributed by atoms with Crippen LogP contribution >= 0.6 is 71.9 Å². The molecule has 9 heteroatoms. The van der Waals surface area contributed by atoms with Gasteiger partial charge < -0.3 is 9.05 Å². The summed E-state index contributed by atoms with van der Waals surface area (Å²) in [5.41, 5.74) is -2.28. The molecule has 0 unspecified atom stereocenters. The first kappa shape index (κ1) is 30.4. The van der Waals surface area contributed by atoms with Crippen molar-refractivity contribution in [3.8, 4) is 0 Å². The molecular formula is C6H23O2PS6. The van der Waals surface area contributed by atoms with Crippen LogP contribution in [0, 0.1) is 0 Å². The Morgan fingerprint density at radius 2 is 1.07 bits per heavy atom. The second kappa shape index (κ2) is 14.4. The van der Waals surface area contributed by atoms with Gasteiger partial charge in [0.05, 0.1) is 12.2 Å². The summed E-state index contributed by atoms with van der Waals surface area (Å²) >= 11 is 9.17. The molecule has 0 fully saturated rings. The Labute approximate surface area is 132 Å². The highest BCUT2D eigenvalue weighted by Gasteiger charge is 2.16. The van der Waals surface area contributed by atoms with Crippen LogP contribution < -0.4 is 0 Å². The van der Waals surface area contributed by atoms with E-state index in [0.29, 0.717) is 0 Å². The van der Waals surface area contributed by atoms with E-state index in [-0.39, 0.29) is 66.2 Å². The zero-order valence-electron chi connectivity index (χ0n) is 9.27. The summed E-state index contributed by atoms with van der Waals surface area (Å²) in [4.78, 5) is 0. The lowest BCUT2D eigenvalue weighted by Gasteiger charge is -2.20. The third-order valence-corrected chi connectivity index (χ3v) is 3.15. The van der Waals surface area contributed by atoms with Gasteiger partial charge >= 0.3 is 0 Å². The van der Waals surface area contributed by atoms with E-state index in [0.717, 1.165) is 0 Å². The first-order chi connectivity index (χ1) is 4.83. The van der Waals surface area contributed by atoms with Gasteiger partial charge in [-0.2, -0.15) is 54.0 Å². The van der Waals surface area contributed by atoms with E-state index in [1.165, 1.54) is 0 Å². The molecule has 0 aliphatic rings. The minimum absolute atomic E-state index is 0. The molecule has 0 aliphatic heterocycles. The van der Waals surface area contributed by atoms with Gasteiger partial charge in [-0.05, 0) is 39.5 Å². The lowest BCUT2D eigenvalue weighted by Crippen LogP contribution is -2.04. The fourth-order valence-electron chi connectivity index (χ4n) is 0.558. The minimum Gasteiger partial charge on any atom is -0.319 e. The van der Waals surface area contributed by atoms with Crippen LogP contribution in [0.1, 0.15) is 27.7 Å². The molecule has 100 valence electrons. The second-order valence-corrected chi connectivity index (χ2v) is 7.97. The molecule has 0 amide bonds. The van der Waals surface area contributed by atoms with Gasteiger partial charge in [0.15, 0.2) is 0 Å². The van der Waals surface area contributed by atoms with E-state index >= 15 is 0 Å². The van der Waals surface area contributed by atoms with E-state index < -0.39 is 5.69 Å². The molecule has 0 rings (SSSR count). The van der Waals surface area contributed by atoms with Crippen LogP contribution in [-0.2, 0) is 20.9 Å². The summed E-state index contributed by atoms with van der Waals surface area (Å²) in [7, 11) is 0. The summed E-state index contributed by atoms with van der Waals surface area (Å²) in [6, 6.07) is 0. The normalized spacial score (nSPS) is 9.53. The maximum Gasteiger partial charge on any atom is 0.244 e. The van der Waals surface area contributed by atoms with Gasteiger partial charge in [-0.3, -0.25) is 0 Å². The standard InChI is InChI=1S/C6H15O2PS2.4H2S/c1-5(2)7-9(10,11)8-6(3)4;;;;/h5-6H,1-4H3,(H,10,11);4*1H2. The minimum atomic E-state index is -2.28.